The summed E-state index contributed by atoms with van der Waals surface area (Å²) in [5, 5.41) is 3.01. The molecule has 3 heterocycles. The average molecular weight is 366 g/mol. The van der Waals surface area contributed by atoms with Gasteiger partial charge in [0, 0.05) is 44.5 Å². The monoisotopic (exact) mass is 366 g/mol. The number of amides is 2. The summed E-state index contributed by atoms with van der Waals surface area (Å²) in [5.41, 5.74) is 2.08. The summed E-state index contributed by atoms with van der Waals surface area (Å²) in [4.78, 5) is 27.9. The van der Waals surface area contributed by atoms with Crippen LogP contribution in [-0.2, 0) is 6.42 Å². The Balaban J connectivity index is 1.33. The minimum atomic E-state index is -0.0378. The zero-order valence-corrected chi connectivity index (χ0v) is 15.9. The number of anilines is 1. The smallest absolute Gasteiger partial charge is 0.321 e. The Morgan fingerprint density at radius 1 is 1.26 bits per heavy atom. The van der Waals surface area contributed by atoms with E-state index in [9.17, 15) is 4.79 Å². The van der Waals surface area contributed by atoms with Gasteiger partial charge in [-0.05, 0) is 31.0 Å². The number of hydrogen-bond donors (Lipinski definition) is 1. The number of nitrogens with zero attached hydrogens (tertiary/aromatic N) is 5. The summed E-state index contributed by atoms with van der Waals surface area (Å²) in [6.45, 7) is 8.02. The van der Waals surface area contributed by atoms with Gasteiger partial charge in [0.05, 0.1) is 12.4 Å². The summed E-state index contributed by atoms with van der Waals surface area (Å²) < 4.78 is 0. The second kappa shape index (κ2) is 7.42. The number of carbonyl (C=O) groups excluding carboxylic acids is 1. The predicted molar refractivity (Wildman–Crippen MR) is 108 cm³/mol. The molecule has 3 aliphatic heterocycles. The third kappa shape index (κ3) is 3.82. The minimum Gasteiger partial charge on any atom is -0.353 e. The van der Waals surface area contributed by atoms with Gasteiger partial charge in [0.2, 0.25) is 0 Å². The number of nitrogens with one attached hydrogen (secondary N) is 1. The molecule has 142 valence electrons. The Bertz CT molecular complexity index is 806. The summed E-state index contributed by atoms with van der Waals surface area (Å²) in [5.74, 6) is 1.93. The second-order valence-electron chi connectivity index (χ2n) is 7.19. The van der Waals surface area contributed by atoms with Crippen LogP contribution in [0.4, 0.5) is 10.5 Å². The number of carbonyl (C=O) groups is 1. The van der Waals surface area contributed by atoms with Gasteiger partial charge in [0.1, 0.15) is 11.7 Å². The SMILES string of the molecule is CCc1cccc(NC(=O)N2CCN(C3=CC4=N[C@H](C)CN4C=N3)CC2)c1. The summed E-state index contributed by atoms with van der Waals surface area (Å²) in [6, 6.07) is 8.30. The molecule has 1 saturated heterocycles. The van der Waals surface area contributed by atoms with E-state index in [-0.39, 0.29) is 6.03 Å². The molecule has 1 aromatic carbocycles. The highest BCUT2D eigenvalue weighted by atomic mass is 16.2. The van der Waals surface area contributed by atoms with Gasteiger partial charge in [-0.3, -0.25) is 4.99 Å². The molecule has 1 fully saturated rings. The van der Waals surface area contributed by atoms with Gasteiger partial charge in [-0.2, -0.15) is 0 Å². The van der Waals surface area contributed by atoms with Crippen LogP contribution >= 0.6 is 0 Å². The first kappa shape index (κ1) is 17.6. The molecule has 2 amide bonds. The van der Waals surface area contributed by atoms with E-state index in [0.717, 1.165) is 43.4 Å². The number of piperazine rings is 1. The highest BCUT2D eigenvalue weighted by Gasteiger charge is 2.27. The fraction of sp³-hybridized carbons (Fsp3) is 0.450. The van der Waals surface area contributed by atoms with Crippen LogP contribution in [0.1, 0.15) is 19.4 Å². The molecule has 1 N–H and O–H groups in total. The van der Waals surface area contributed by atoms with Crippen molar-refractivity contribution in [2.75, 3.05) is 38.0 Å². The van der Waals surface area contributed by atoms with Crippen LogP contribution in [0.3, 0.4) is 0 Å². The third-order valence-electron chi connectivity index (χ3n) is 5.17. The van der Waals surface area contributed by atoms with Crippen LogP contribution in [0.25, 0.3) is 0 Å². The van der Waals surface area contributed by atoms with Gasteiger partial charge >= 0.3 is 6.03 Å². The lowest BCUT2D eigenvalue weighted by Crippen LogP contribution is -2.49. The topological polar surface area (TPSA) is 63.5 Å². The molecule has 0 aliphatic carbocycles. The van der Waals surface area contributed by atoms with Crippen LogP contribution in [0.2, 0.25) is 0 Å². The quantitative estimate of drug-likeness (QED) is 0.893. The van der Waals surface area contributed by atoms with Gasteiger partial charge in [-0.15, -0.1) is 0 Å². The maximum atomic E-state index is 12.6. The first-order chi connectivity index (χ1) is 13.1. The van der Waals surface area contributed by atoms with Crippen molar-refractivity contribution in [3.63, 3.8) is 0 Å². The highest BCUT2D eigenvalue weighted by Crippen LogP contribution is 2.19. The molecular weight excluding hydrogens is 340 g/mol. The first-order valence-corrected chi connectivity index (χ1v) is 9.62. The Morgan fingerprint density at radius 2 is 2.07 bits per heavy atom. The van der Waals surface area contributed by atoms with Crippen molar-refractivity contribution in [1.29, 1.82) is 0 Å². The Kier molecular flexibility index (Phi) is 4.83. The fourth-order valence-electron chi connectivity index (χ4n) is 3.61. The van der Waals surface area contributed by atoms with Crippen LogP contribution in [0.5, 0.6) is 0 Å². The number of amidine groups is 1. The van der Waals surface area contributed by atoms with Crippen molar-refractivity contribution in [1.82, 2.24) is 14.7 Å². The van der Waals surface area contributed by atoms with Crippen molar-refractivity contribution in [2.24, 2.45) is 9.98 Å². The second-order valence-corrected chi connectivity index (χ2v) is 7.19. The first-order valence-electron chi connectivity index (χ1n) is 9.62. The lowest BCUT2D eigenvalue weighted by atomic mass is 10.1. The van der Waals surface area contributed by atoms with Crippen molar-refractivity contribution in [2.45, 2.75) is 26.3 Å². The number of aryl methyl sites for hydroxylation is 1. The number of aliphatic imine (C=N–C) groups is 2. The number of urea groups is 1. The van der Waals surface area contributed by atoms with Gasteiger partial charge in [-0.1, -0.05) is 19.1 Å². The van der Waals surface area contributed by atoms with Gasteiger partial charge in [0.25, 0.3) is 0 Å². The maximum Gasteiger partial charge on any atom is 0.321 e. The van der Waals surface area contributed by atoms with Crippen LogP contribution < -0.4 is 5.32 Å². The molecule has 0 saturated carbocycles. The molecule has 27 heavy (non-hydrogen) atoms. The van der Waals surface area contributed by atoms with Gasteiger partial charge < -0.3 is 20.0 Å². The van der Waals surface area contributed by atoms with E-state index >= 15 is 0 Å². The van der Waals surface area contributed by atoms with E-state index in [2.05, 4.69) is 51.1 Å². The van der Waals surface area contributed by atoms with Crippen LogP contribution in [0, 0.1) is 0 Å². The predicted octanol–water partition coefficient (Wildman–Crippen LogP) is 2.38. The van der Waals surface area contributed by atoms with Crippen LogP contribution in [0.15, 0.2) is 46.1 Å². The maximum absolute atomic E-state index is 12.6. The largest absolute Gasteiger partial charge is 0.353 e. The zero-order valence-electron chi connectivity index (χ0n) is 15.9. The van der Waals surface area contributed by atoms with E-state index in [1.54, 1.807) is 0 Å². The number of benzene rings is 1. The van der Waals surface area contributed by atoms with Gasteiger partial charge in [0.15, 0.2) is 0 Å². The lowest BCUT2D eigenvalue weighted by Gasteiger charge is -2.36. The fourth-order valence-corrected chi connectivity index (χ4v) is 3.61. The molecule has 1 atom stereocenters. The highest BCUT2D eigenvalue weighted by molar-refractivity contribution is 6.03. The zero-order chi connectivity index (χ0) is 18.8. The normalized spacial score (nSPS) is 21.7. The standard InChI is InChI=1S/C20H26N6O/c1-3-16-5-4-6-17(11-16)23-20(27)25-9-7-24(8-10-25)18-12-19-22-15(2)13-26(19)14-21-18/h4-6,11-12,14-15H,3,7-10,13H2,1-2H3,(H,23,27)/t15-/m1/s1. The molecular formula is C20H26N6O. The van der Waals surface area contributed by atoms with Crippen LogP contribution in [-0.4, -0.2) is 71.7 Å². The minimum absolute atomic E-state index is 0.0378. The Hall–Kier alpha value is -2.83. The molecule has 4 rings (SSSR count). The number of fused-ring (bicyclic) bond motifs is 1. The summed E-state index contributed by atoms with van der Waals surface area (Å²) in [7, 11) is 0. The van der Waals surface area contributed by atoms with Crippen molar-refractivity contribution < 1.29 is 4.79 Å². The van der Waals surface area contributed by atoms with Crippen molar-refractivity contribution >= 4 is 23.9 Å². The molecule has 0 radical (unpaired) electrons. The molecule has 0 spiro atoms. The molecule has 0 aromatic heterocycles. The van der Waals surface area contributed by atoms with E-state index in [4.69, 9.17) is 0 Å². The molecule has 0 unspecified atom stereocenters. The number of rotatable bonds is 3. The third-order valence-corrected chi connectivity index (χ3v) is 5.17. The summed E-state index contributed by atoms with van der Waals surface area (Å²) >= 11 is 0. The lowest BCUT2D eigenvalue weighted by molar-refractivity contribution is 0.167. The molecule has 3 aliphatic rings. The molecule has 0 bridgehead atoms. The molecule has 7 heteroatoms. The Labute approximate surface area is 160 Å². The Morgan fingerprint density at radius 3 is 2.85 bits per heavy atom. The van der Waals surface area contributed by atoms with Crippen molar-refractivity contribution in [3.05, 3.63) is 41.7 Å². The van der Waals surface area contributed by atoms with E-state index in [0.29, 0.717) is 19.1 Å². The van der Waals surface area contributed by atoms with E-state index < -0.39 is 0 Å². The average Bonchev–Trinajstić information content (AvgIpc) is 3.07. The number of hydrogen-bond acceptors (Lipinski definition) is 5. The van der Waals surface area contributed by atoms with Gasteiger partial charge in [-0.25, -0.2) is 9.79 Å². The van der Waals surface area contributed by atoms with E-state index in [1.165, 1.54) is 5.56 Å². The van der Waals surface area contributed by atoms with E-state index in [1.807, 2.05) is 29.4 Å². The van der Waals surface area contributed by atoms with Crippen molar-refractivity contribution in [3.8, 4) is 0 Å². The molecule has 7 nitrogen and oxygen atoms in total. The summed E-state index contributed by atoms with van der Waals surface area (Å²) in [6.07, 6.45) is 4.88. The molecule has 1 aromatic rings.